The summed E-state index contributed by atoms with van der Waals surface area (Å²) in [5.74, 6) is 0.237. The summed E-state index contributed by atoms with van der Waals surface area (Å²) in [4.78, 5) is 31.7. The van der Waals surface area contributed by atoms with Crippen LogP contribution in [0.3, 0.4) is 0 Å². The van der Waals surface area contributed by atoms with Crippen molar-refractivity contribution in [2.75, 3.05) is 18.5 Å². The summed E-state index contributed by atoms with van der Waals surface area (Å²) < 4.78 is 5.55. The number of hydrogen-bond donors (Lipinski definition) is 1. The quantitative estimate of drug-likeness (QED) is 0.816. The number of anilines is 1. The predicted octanol–water partition coefficient (Wildman–Crippen LogP) is 4.14. The summed E-state index contributed by atoms with van der Waals surface area (Å²) in [5.41, 5.74) is 1.39. The molecule has 2 heterocycles. The molecule has 6 heteroatoms. The molecule has 0 bridgehead atoms. The number of benzene rings is 1. The van der Waals surface area contributed by atoms with E-state index in [1.54, 1.807) is 18.2 Å². The van der Waals surface area contributed by atoms with Gasteiger partial charge < -0.3 is 15.0 Å². The lowest BCUT2D eigenvalue weighted by molar-refractivity contribution is 0.0607. The molecule has 1 fully saturated rings. The van der Waals surface area contributed by atoms with Crippen molar-refractivity contribution < 1.29 is 14.3 Å². The van der Waals surface area contributed by atoms with Crippen LogP contribution >= 0.6 is 0 Å². The monoisotopic (exact) mass is 381 g/mol. The Labute approximate surface area is 165 Å². The largest absolute Gasteiger partial charge is 0.492 e. The van der Waals surface area contributed by atoms with Crippen molar-refractivity contribution in [3.63, 3.8) is 0 Å². The van der Waals surface area contributed by atoms with Gasteiger partial charge in [0.1, 0.15) is 5.75 Å². The molecule has 1 aliphatic rings. The first-order valence-corrected chi connectivity index (χ1v) is 9.93. The van der Waals surface area contributed by atoms with Gasteiger partial charge in [-0.25, -0.2) is 0 Å². The van der Waals surface area contributed by atoms with Crippen LogP contribution in [-0.2, 0) is 0 Å². The van der Waals surface area contributed by atoms with Gasteiger partial charge in [0.2, 0.25) is 0 Å². The highest BCUT2D eigenvalue weighted by atomic mass is 16.5. The third kappa shape index (κ3) is 4.50. The van der Waals surface area contributed by atoms with E-state index >= 15 is 0 Å². The predicted molar refractivity (Wildman–Crippen MR) is 109 cm³/mol. The van der Waals surface area contributed by atoms with Crippen LogP contribution in [0, 0.1) is 0 Å². The van der Waals surface area contributed by atoms with E-state index in [1.165, 1.54) is 12.4 Å². The van der Waals surface area contributed by atoms with Crippen molar-refractivity contribution in [2.45, 2.75) is 45.6 Å². The van der Waals surface area contributed by atoms with E-state index in [-0.39, 0.29) is 17.9 Å². The van der Waals surface area contributed by atoms with Gasteiger partial charge in [-0.2, -0.15) is 0 Å². The van der Waals surface area contributed by atoms with Gasteiger partial charge in [-0.1, -0.05) is 19.1 Å². The number of likely N-dealkylation sites (tertiary alicyclic amines) is 1. The number of rotatable bonds is 6. The molecule has 1 aromatic heterocycles. The molecular weight excluding hydrogens is 354 g/mol. The van der Waals surface area contributed by atoms with E-state index in [9.17, 15) is 9.59 Å². The van der Waals surface area contributed by atoms with Crippen LogP contribution in [0.1, 0.15) is 60.2 Å². The Bertz CT molecular complexity index is 837. The molecule has 148 valence electrons. The summed E-state index contributed by atoms with van der Waals surface area (Å²) >= 11 is 0. The van der Waals surface area contributed by atoms with Crippen molar-refractivity contribution >= 4 is 17.5 Å². The maximum Gasteiger partial charge on any atom is 0.257 e. The first-order chi connectivity index (χ1) is 13.6. The summed E-state index contributed by atoms with van der Waals surface area (Å²) in [7, 11) is 0. The molecule has 0 spiro atoms. The number of pyridine rings is 1. The van der Waals surface area contributed by atoms with Crippen molar-refractivity contribution in [1.29, 1.82) is 0 Å². The number of carbonyl (C=O) groups excluding carboxylic acids is 2. The standard InChI is InChI=1S/C22H27N3O3/c1-3-18-9-7-8-12-25(18)22(27)17-13-16(14-23-15-17)21(26)24-19-10-5-6-11-20(19)28-4-2/h5-6,10-11,13-15,18H,3-4,7-9,12H2,1-2H3,(H,24,26). The van der Waals surface area contributed by atoms with Crippen LogP contribution in [0.25, 0.3) is 0 Å². The zero-order valence-electron chi connectivity index (χ0n) is 16.5. The molecule has 6 nitrogen and oxygen atoms in total. The number of aromatic nitrogens is 1. The maximum atomic E-state index is 13.0. The minimum atomic E-state index is -0.319. The van der Waals surface area contributed by atoms with Gasteiger partial charge in [-0.3, -0.25) is 14.6 Å². The molecule has 0 saturated carbocycles. The summed E-state index contributed by atoms with van der Waals surface area (Å²) in [6.07, 6.45) is 7.15. The normalized spacial score (nSPS) is 16.5. The topological polar surface area (TPSA) is 71.5 Å². The van der Waals surface area contributed by atoms with E-state index in [4.69, 9.17) is 4.74 Å². The van der Waals surface area contributed by atoms with E-state index in [0.29, 0.717) is 29.2 Å². The van der Waals surface area contributed by atoms with Gasteiger partial charge in [-0.15, -0.1) is 0 Å². The highest BCUT2D eigenvalue weighted by Gasteiger charge is 2.26. The number of ether oxygens (including phenoxy) is 1. The molecule has 1 saturated heterocycles. The Morgan fingerprint density at radius 3 is 2.75 bits per heavy atom. The zero-order chi connectivity index (χ0) is 19.9. The Hall–Kier alpha value is -2.89. The van der Waals surface area contributed by atoms with Gasteiger partial charge in [0.15, 0.2) is 0 Å². The molecule has 2 amide bonds. The lowest BCUT2D eigenvalue weighted by Crippen LogP contribution is -2.43. The van der Waals surface area contributed by atoms with Gasteiger partial charge in [-0.05, 0) is 50.8 Å². The third-order valence-electron chi connectivity index (χ3n) is 5.04. The van der Waals surface area contributed by atoms with E-state index in [2.05, 4.69) is 17.2 Å². The average Bonchev–Trinajstić information content (AvgIpc) is 2.74. The van der Waals surface area contributed by atoms with Crippen molar-refractivity contribution in [1.82, 2.24) is 9.88 Å². The number of piperidine rings is 1. The number of carbonyl (C=O) groups is 2. The van der Waals surface area contributed by atoms with E-state index in [1.807, 2.05) is 24.0 Å². The molecule has 1 atom stereocenters. The zero-order valence-corrected chi connectivity index (χ0v) is 16.5. The van der Waals surface area contributed by atoms with Crippen molar-refractivity contribution in [3.05, 3.63) is 53.9 Å². The molecular formula is C22H27N3O3. The summed E-state index contributed by atoms with van der Waals surface area (Å²) in [6.45, 7) is 5.26. The van der Waals surface area contributed by atoms with Crippen LogP contribution < -0.4 is 10.1 Å². The Balaban J connectivity index is 1.77. The van der Waals surface area contributed by atoms with Crippen LogP contribution in [0.2, 0.25) is 0 Å². The van der Waals surface area contributed by atoms with Crippen molar-refractivity contribution in [2.24, 2.45) is 0 Å². The maximum absolute atomic E-state index is 13.0. The number of nitrogens with one attached hydrogen (secondary N) is 1. The third-order valence-corrected chi connectivity index (χ3v) is 5.04. The van der Waals surface area contributed by atoms with Gasteiger partial charge in [0.05, 0.1) is 23.4 Å². The molecule has 28 heavy (non-hydrogen) atoms. The second-order valence-corrected chi connectivity index (χ2v) is 6.90. The van der Waals surface area contributed by atoms with Crippen LogP contribution in [0.15, 0.2) is 42.7 Å². The van der Waals surface area contributed by atoms with Crippen LogP contribution in [-0.4, -0.2) is 40.9 Å². The molecule has 3 rings (SSSR count). The molecule has 1 aromatic carbocycles. The summed E-state index contributed by atoms with van der Waals surface area (Å²) in [5, 5.41) is 2.85. The molecule has 1 N–H and O–H groups in total. The number of amides is 2. The minimum Gasteiger partial charge on any atom is -0.492 e. The Morgan fingerprint density at radius 2 is 1.96 bits per heavy atom. The van der Waals surface area contributed by atoms with Gasteiger partial charge >= 0.3 is 0 Å². The SMILES string of the molecule is CCOc1ccccc1NC(=O)c1cncc(C(=O)N2CCCCC2CC)c1. The lowest BCUT2D eigenvalue weighted by Gasteiger charge is -2.35. The molecule has 0 radical (unpaired) electrons. The van der Waals surface area contributed by atoms with E-state index < -0.39 is 0 Å². The fourth-order valence-electron chi connectivity index (χ4n) is 3.59. The molecule has 0 aliphatic carbocycles. The highest BCUT2D eigenvalue weighted by Crippen LogP contribution is 2.25. The summed E-state index contributed by atoms with van der Waals surface area (Å²) in [6, 6.07) is 9.15. The first kappa shape index (κ1) is 19.9. The fraction of sp³-hybridized carbons (Fsp3) is 0.409. The van der Waals surface area contributed by atoms with Crippen molar-refractivity contribution in [3.8, 4) is 5.75 Å². The first-order valence-electron chi connectivity index (χ1n) is 9.93. The molecule has 2 aromatic rings. The number of hydrogen-bond acceptors (Lipinski definition) is 4. The van der Waals surface area contributed by atoms with Gasteiger partial charge in [0.25, 0.3) is 11.8 Å². The van der Waals surface area contributed by atoms with Gasteiger partial charge in [0, 0.05) is 25.0 Å². The second kappa shape index (κ2) is 9.35. The van der Waals surface area contributed by atoms with Crippen LogP contribution in [0.5, 0.6) is 5.75 Å². The van der Waals surface area contributed by atoms with E-state index in [0.717, 1.165) is 32.2 Å². The molecule has 1 aliphatic heterocycles. The van der Waals surface area contributed by atoms with Crippen LogP contribution in [0.4, 0.5) is 5.69 Å². The highest BCUT2D eigenvalue weighted by molar-refractivity contribution is 6.06. The second-order valence-electron chi connectivity index (χ2n) is 6.90. The Kier molecular flexibility index (Phi) is 6.63. The average molecular weight is 381 g/mol. The smallest absolute Gasteiger partial charge is 0.257 e. The minimum absolute atomic E-state index is 0.0524. The Morgan fingerprint density at radius 1 is 1.18 bits per heavy atom. The fourth-order valence-corrected chi connectivity index (χ4v) is 3.59. The number of nitrogens with zero attached hydrogens (tertiary/aromatic N) is 2. The lowest BCUT2D eigenvalue weighted by atomic mass is 9.99. The molecule has 1 unspecified atom stereocenters. The number of para-hydroxylation sites is 2.